The molecule has 0 amide bonds. The smallest absolute Gasteiger partial charge is 0.223 e. The number of rotatable bonds is 4. The van der Waals surface area contributed by atoms with Crippen molar-refractivity contribution in [2.75, 3.05) is 31.7 Å². The maximum Gasteiger partial charge on any atom is 0.223 e. The molecule has 1 aromatic carbocycles. The Labute approximate surface area is 167 Å². The lowest BCUT2D eigenvalue weighted by atomic mass is 10.2. The van der Waals surface area contributed by atoms with Gasteiger partial charge in [0, 0.05) is 44.1 Å². The number of hydrogen-bond donors (Lipinski definition) is 2. The zero-order valence-corrected chi connectivity index (χ0v) is 16.2. The van der Waals surface area contributed by atoms with Gasteiger partial charge in [-0.05, 0) is 18.6 Å². The van der Waals surface area contributed by atoms with Gasteiger partial charge in [0.2, 0.25) is 5.95 Å². The molecule has 10 heteroatoms. The Morgan fingerprint density at radius 3 is 2.90 bits per heavy atom. The van der Waals surface area contributed by atoms with E-state index in [1.807, 2.05) is 28.9 Å². The van der Waals surface area contributed by atoms with Gasteiger partial charge in [0.25, 0.3) is 0 Å². The molecule has 0 unspecified atom stereocenters. The van der Waals surface area contributed by atoms with E-state index in [1.54, 1.807) is 11.6 Å². The average molecular weight is 393 g/mol. The van der Waals surface area contributed by atoms with Gasteiger partial charge in [0.05, 0.1) is 12.8 Å². The van der Waals surface area contributed by atoms with Crippen molar-refractivity contribution in [2.24, 2.45) is 0 Å². The fourth-order valence-corrected chi connectivity index (χ4v) is 3.94. The molecule has 3 aromatic heterocycles. The van der Waals surface area contributed by atoms with Crippen LogP contribution < -0.4 is 16.2 Å². The van der Waals surface area contributed by atoms with Gasteiger partial charge in [-0.1, -0.05) is 6.07 Å². The molecule has 4 aromatic rings. The number of aryl methyl sites for hydroxylation is 1. The Morgan fingerprint density at radius 2 is 2.03 bits per heavy atom. The Morgan fingerprint density at radius 1 is 1.14 bits per heavy atom. The first kappa shape index (κ1) is 17.7. The van der Waals surface area contributed by atoms with Crippen LogP contribution in [0.1, 0.15) is 17.9 Å². The predicted octanol–water partition coefficient (Wildman–Crippen LogP) is 1.10. The summed E-state index contributed by atoms with van der Waals surface area (Å²) in [5, 5.41) is 9.81. The van der Waals surface area contributed by atoms with E-state index in [0.717, 1.165) is 55.9 Å². The lowest BCUT2D eigenvalue weighted by Crippen LogP contribution is -2.26. The maximum absolute atomic E-state index is 6.14. The van der Waals surface area contributed by atoms with Crippen molar-refractivity contribution in [3.63, 3.8) is 0 Å². The zero-order valence-electron chi connectivity index (χ0n) is 16.2. The van der Waals surface area contributed by atoms with E-state index in [4.69, 9.17) is 21.2 Å². The number of nitrogen functional groups attached to an aromatic ring is 2. The normalized spacial score (nSPS) is 14.9. The molecule has 0 saturated carbocycles. The summed E-state index contributed by atoms with van der Waals surface area (Å²) in [6, 6.07) is 7.69. The number of nitrogens with two attached hydrogens (primary N) is 2. The van der Waals surface area contributed by atoms with Crippen molar-refractivity contribution < 1.29 is 4.74 Å². The highest BCUT2D eigenvalue weighted by molar-refractivity contribution is 5.95. The minimum atomic E-state index is 0.296. The first-order valence-corrected chi connectivity index (χ1v) is 9.65. The van der Waals surface area contributed by atoms with E-state index < -0.39 is 0 Å². The Balaban J connectivity index is 1.41. The molecule has 0 spiro atoms. The van der Waals surface area contributed by atoms with Crippen molar-refractivity contribution in [1.29, 1.82) is 0 Å². The molecule has 5 rings (SSSR count). The minimum Gasteiger partial charge on any atom is -0.494 e. The summed E-state index contributed by atoms with van der Waals surface area (Å²) < 4.78 is 9.02. The molecule has 1 aliphatic rings. The van der Waals surface area contributed by atoms with Gasteiger partial charge in [0.1, 0.15) is 17.1 Å². The first-order chi connectivity index (χ1) is 14.1. The molecule has 29 heavy (non-hydrogen) atoms. The molecule has 1 aliphatic heterocycles. The Bertz CT molecular complexity index is 1200. The molecule has 0 saturated heterocycles. The summed E-state index contributed by atoms with van der Waals surface area (Å²) >= 11 is 0. The fraction of sp³-hybridized carbons (Fsp3) is 0.368. The van der Waals surface area contributed by atoms with Crippen LogP contribution in [0.3, 0.4) is 0 Å². The highest BCUT2D eigenvalue weighted by atomic mass is 16.5. The minimum absolute atomic E-state index is 0.296. The van der Waals surface area contributed by atoms with E-state index in [9.17, 15) is 0 Å². The number of fused-ring (bicyclic) bond motifs is 4. The molecule has 0 aliphatic carbocycles. The summed E-state index contributed by atoms with van der Waals surface area (Å²) in [5.74, 6) is 2.28. The third-order valence-electron chi connectivity index (χ3n) is 5.32. The maximum atomic E-state index is 6.14. The topological polar surface area (TPSA) is 125 Å². The Hall–Kier alpha value is -3.40. The molecule has 4 heterocycles. The quantitative estimate of drug-likeness (QED) is 0.528. The van der Waals surface area contributed by atoms with Crippen LogP contribution in [0, 0.1) is 0 Å². The molecular formula is C19H23N9O. The van der Waals surface area contributed by atoms with Crippen molar-refractivity contribution in [1.82, 2.24) is 34.3 Å². The summed E-state index contributed by atoms with van der Waals surface area (Å²) in [7, 11) is 1.62. The van der Waals surface area contributed by atoms with Crippen LogP contribution in [0.5, 0.6) is 5.75 Å². The number of methoxy groups -OCH3 is 1. The van der Waals surface area contributed by atoms with Gasteiger partial charge in [-0.25, -0.2) is 9.97 Å². The first-order valence-electron chi connectivity index (χ1n) is 9.65. The van der Waals surface area contributed by atoms with Crippen molar-refractivity contribution in [3.05, 3.63) is 35.8 Å². The van der Waals surface area contributed by atoms with Gasteiger partial charge in [0.15, 0.2) is 11.5 Å². The number of benzene rings is 1. The van der Waals surface area contributed by atoms with Crippen LogP contribution in [0.25, 0.3) is 16.6 Å². The summed E-state index contributed by atoms with van der Waals surface area (Å²) in [6.07, 6.45) is 1.75. The highest BCUT2D eigenvalue weighted by Crippen LogP contribution is 2.27. The number of anilines is 2. The van der Waals surface area contributed by atoms with E-state index in [-0.39, 0.29) is 0 Å². The van der Waals surface area contributed by atoms with Crippen LogP contribution in [0.15, 0.2) is 24.3 Å². The molecule has 0 radical (unpaired) electrons. The predicted molar refractivity (Wildman–Crippen MR) is 109 cm³/mol. The number of ether oxygens (including phenoxy) is 1. The lowest BCUT2D eigenvalue weighted by Gasteiger charge is -2.18. The average Bonchev–Trinajstić information content (AvgIpc) is 3.24. The number of aromatic nitrogens is 6. The SMILES string of the molecule is COc1cccc2c1nc(N)n1nc(CCN3CCCn4nc(N)cc4C3)nc21. The van der Waals surface area contributed by atoms with Gasteiger partial charge >= 0.3 is 0 Å². The van der Waals surface area contributed by atoms with Gasteiger partial charge in [-0.15, -0.1) is 5.10 Å². The summed E-state index contributed by atoms with van der Waals surface area (Å²) in [4.78, 5) is 11.6. The van der Waals surface area contributed by atoms with Crippen LogP contribution >= 0.6 is 0 Å². The fourth-order valence-electron chi connectivity index (χ4n) is 3.94. The van der Waals surface area contributed by atoms with E-state index >= 15 is 0 Å². The highest BCUT2D eigenvalue weighted by Gasteiger charge is 2.18. The van der Waals surface area contributed by atoms with Crippen molar-refractivity contribution in [2.45, 2.75) is 25.9 Å². The van der Waals surface area contributed by atoms with Crippen LogP contribution in [0.2, 0.25) is 0 Å². The number of para-hydroxylation sites is 1. The third-order valence-corrected chi connectivity index (χ3v) is 5.32. The molecule has 150 valence electrons. The summed E-state index contributed by atoms with van der Waals surface area (Å²) in [6.45, 7) is 3.56. The molecule has 0 atom stereocenters. The van der Waals surface area contributed by atoms with Crippen LogP contribution in [-0.4, -0.2) is 54.5 Å². The molecule has 0 fully saturated rings. The monoisotopic (exact) mass is 393 g/mol. The van der Waals surface area contributed by atoms with E-state index in [1.165, 1.54) is 0 Å². The number of hydrogen-bond acceptors (Lipinski definition) is 8. The second-order valence-electron chi connectivity index (χ2n) is 7.25. The van der Waals surface area contributed by atoms with E-state index in [0.29, 0.717) is 28.7 Å². The van der Waals surface area contributed by atoms with E-state index in [2.05, 4.69) is 20.1 Å². The van der Waals surface area contributed by atoms with Crippen molar-refractivity contribution >= 4 is 28.3 Å². The zero-order chi connectivity index (χ0) is 20.0. The van der Waals surface area contributed by atoms with Crippen LogP contribution in [0.4, 0.5) is 11.8 Å². The Kier molecular flexibility index (Phi) is 4.20. The molecular weight excluding hydrogens is 370 g/mol. The standard InChI is InChI=1S/C19H23N9O/c1-29-14-5-2-4-13-17(14)23-19(21)28-18(13)22-16(25-28)6-9-26-7-3-8-27-12(11-26)10-15(20)24-27/h2,4-5,10H,3,6-9,11H2,1H3,(H2,20,24)(H2,21,23). The van der Waals surface area contributed by atoms with Gasteiger partial charge in [-0.3, -0.25) is 9.58 Å². The lowest BCUT2D eigenvalue weighted by molar-refractivity contribution is 0.271. The largest absolute Gasteiger partial charge is 0.494 e. The second kappa shape index (κ2) is 6.89. The van der Waals surface area contributed by atoms with Crippen molar-refractivity contribution in [3.8, 4) is 5.75 Å². The second-order valence-corrected chi connectivity index (χ2v) is 7.25. The number of nitrogens with zero attached hydrogens (tertiary/aromatic N) is 7. The molecule has 4 N–H and O–H groups in total. The van der Waals surface area contributed by atoms with Crippen LogP contribution in [-0.2, 0) is 19.5 Å². The van der Waals surface area contributed by atoms with Gasteiger partial charge in [-0.2, -0.15) is 9.61 Å². The summed E-state index contributed by atoms with van der Waals surface area (Å²) in [5.41, 5.74) is 14.5. The molecule has 0 bridgehead atoms. The molecule has 10 nitrogen and oxygen atoms in total. The van der Waals surface area contributed by atoms with Gasteiger partial charge < -0.3 is 16.2 Å². The third kappa shape index (κ3) is 3.11.